The molecule has 0 aliphatic carbocycles. The molecule has 2 atom stereocenters. The fourth-order valence-electron chi connectivity index (χ4n) is 4.86. The molecule has 0 radical (unpaired) electrons. The van der Waals surface area contributed by atoms with Crippen LogP contribution >= 0.6 is 0 Å². The van der Waals surface area contributed by atoms with Gasteiger partial charge in [-0.1, -0.05) is 66.7 Å². The Morgan fingerprint density at radius 3 is 2.18 bits per heavy atom. The first kappa shape index (κ1) is 27.1. The number of aromatic amines is 1. The lowest BCUT2D eigenvalue weighted by atomic mass is 10.0. The number of aliphatic carboxylic acids is 1. The summed E-state index contributed by atoms with van der Waals surface area (Å²) in [5.74, 6) is -0.831. The predicted molar refractivity (Wildman–Crippen MR) is 151 cm³/mol. The molecule has 1 aromatic heterocycles. The van der Waals surface area contributed by atoms with E-state index in [2.05, 4.69) is 33.8 Å². The molecule has 7 nitrogen and oxygen atoms in total. The number of nitrogens with one attached hydrogen (secondary N) is 3. The van der Waals surface area contributed by atoms with Crippen molar-refractivity contribution in [1.29, 1.82) is 0 Å². The van der Waals surface area contributed by atoms with E-state index in [9.17, 15) is 14.7 Å². The van der Waals surface area contributed by atoms with Gasteiger partial charge < -0.3 is 25.6 Å². The van der Waals surface area contributed by atoms with E-state index in [4.69, 9.17) is 0 Å². The van der Waals surface area contributed by atoms with E-state index in [1.165, 1.54) is 5.56 Å². The molecular weight excluding hydrogens is 476 g/mol. The minimum Gasteiger partial charge on any atom is -0.481 e. The third kappa shape index (κ3) is 7.78. The third-order valence-electron chi connectivity index (χ3n) is 6.74. The summed E-state index contributed by atoms with van der Waals surface area (Å²) >= 11 is 0. The zero-order chi connectivity index (χ0) is 26.7. The fourth-order valence-corrected chi connectivity index (χ4v) is 4.86. The van der Waals surface area contributed by atoms with E-state index in [0.29, 0.717) is 31.6 Å². The Balaban J connectivity index is 1.35. The number of hydrogen-bond donors (Lipinski definition) is 4. The number of para-hydroxylation sites is 1. The zero-order valence-electron chi connectivity index (χ0n) is 21.8. The van der Waals surface area contributed by atoms with Gasteiger partial charge in [-0.05, 0) is 42.2 Å². The molecule has 0 aliphatic heterocycles. The number of carboxylic acid groups (broad SMARTS) is 1. The van der Waals surface area contributed by atoms with Crippen LogP contribution in [0, 0.1) is 0 Å². The molecule has 0 fully saturated rings. The lowest BCUT2D eigenvalue weighted by molar-refractivity contribution is -0.137. The summed E-state index contributed by atoms with van der Waals surface area (Å²) in [5.41, 5.74) is 4.03. The van der Waals surface area contributed by atoms with Crippen LogP contribution in [0.2, 0.25) is 0 Å². The Labute approximate surface area is 223 Å². The van der Waals surface area contributed by atoms with Crippen LogP contribution in [-0.4, -0.2) is 65.6 Å². The highest BCUT2D eigenvalue weighted by Gasteiger charge is 2.19. The molecule has 4 rings (SSSR count). The summed E-state index contributed by atoms with van der Waals surface area (Å²) in [6.45, 7) is 1.81. The Morgan fingerprint density at radius 2 is 1.47 bits per heavy atom. The summed E-state index contributed by atoms with van der Waals surface area (Å²) in [4.78, 5) is 29.5. The van der Waals surface area contributed by atoms with Crippen molar-refractivity contribution >= 4 is 22.8 Å². The first-order chi connectivity index (χ1) is 18.5. The van der Waals surface area contributed by atoms with Gasteiger partial charge in [-0.2, -0.15) is 0 Å². The molecule has 4 N–H and O–H groups in total. The average Bonchev–Trinajstić information content (AvgIpc) is 3.34. The molecule has 1 amide bonds. The number of fused-ring (bicyclic) bond motifs is 1. The molecule has 3 aromatic carbocycles. The van der Waals surface area contributed by atoms with Gasteiger partial charge in [0.2, 0.25) is 0 Å². The first-order valence-electron chi connectivity index (χ1n) is 13.1. The molecule has 0 bridgehead atoms. The number of carbonyl (C=O) groups excluding carboxylic acids is 1. The maximum absolute atomic E-state index is 12.9. The second-order valence-electron chi connectivity index (χ2n) is 9.71. The largest absolute Gasteiger partial charge is 0.481 e. The minimum absolute atomic E-state index is 0.0103. The molecular formula is C31H36N4O3. The van der Waals surface area contributed by atoms with Gasteiger partial charge in [0.1, 0.15) is 0 Å². The number of likely N-dealkylation sites (N-methyl/N-ethyl adjacent to an activating group) is 1. The standard InChI is InChI=1S/C31H36N4O3/c1-35(31(38)24-12-6-3-7-13-24)22-27(18-23-10-4-2-5-11-23)33-17-16-32-26(20-30(36)37)19-25-21-34-29-15-9-8-14-28(25)29/h2-15,21,26-27,32-34H,16-20,22H2,1H3,(H,36,37)/t26-,27-/m0/s1. The lowest BCUT2D eigenvalue weighted by Crippen LogP contribution is -2.46. The van der Waals surface area contributed by atoms with Crippen molar-refractivity contribution in [1.82, 2.24) is 20.5 Å². The van der Waals surface area contributed by atoms with Gasteiger partial charge in [0.25, 0.3) is 5.91 Å². The van der Waals surface area contributed by atoms with Gasteiger partial charge in [-0.15, -0.1) is 0 Å². The van der Waals surface area contributed by atoms with Crippen LogP contribution < -0.4 is 10.6 Å². The minimum atomic E-state index is -0.821. The average molecular weight is 513 g/mol. The molecule has 38 heavy (non-hydrogen) atoms. The van der Waals surface area contributed by atoms with E-state index in [-0.39, 0.29) is 24.4 Å². The van der Waals surface area contributed by atoms with Crippen molar-refractivity contribution in [2.45, 2.75) is 31.3 Å². The van der Waals surface area contributed by atoms with E-state index in [0.717, 1.165) is 22.9 Å². The number of hydrogen-bond acceptors (Lipinski definition) is 4. The molecule has 1 heterocycles. The number of H-pyrrole nitrogens is 1. The number of amides is 1. The molecule has 198 valence electrons. The van der Waals surface area contributed by atoms with Crippen LogP contribution in [0.25, 0.3) is 10.9 Å². The molecule has 4 aromatic rings. The molecule has 0 spiro atoms. The zero-order valence-corrected chi connectivity index (χ0v) is 21.8. The summed E-state index contributed by atoms with van der Waals surface area (Å²) in [6, 6.07) is 27.5. The summed E-state index contributed by atoms with van der Waals surface area (Å²) in [7, 11) is 1.83. The van der Waals surface area contributed by atoms with E-state index in [1.807, 2.05) is 80.0 Å². The number of rotatable bonds is 14. The van der Waals surface area contributed by atoms with E-state index in [1.54, 1.807) is 4.90 Å². The number of benzene rings is 3. The van der Waals surface area contributed by atoms with Gasteiger partial charge in [-0.3, -0.25) is 9.59 Å². The Hall–Kier alpha value is -3.94. The SMILES string of the molecule is CN(C[C@H](Cc1ccccc1)NCCN[C@H](CC(=O)O)Cc1c[nH]c2ccccc12)C(=O)c1ccccc1. The van der Waals surface area contributed by atoms with Gasteiger partial charge in [-0.25, -0.2) is 0 Å². The highest BCUT2D eigenvalue weighted by molar-refractivity contribution is 5.94. The Morgan fingerprint density at radius 1 is 0.842 bits per heavy atom. The van der Waals surface area contributed by atoms with E-state index >= 15 is 0 Å². The van der Waals surface area contributed by atoms with Crippen LogP contribution in [0.3, 0.4) is 0 Å². The molecule has 0 saturated carbocycles. The van der Waals surface area contributed by atoms with Crippen LogP contribution in [0.15, 0.2) is 91.1 Å². The van der Waals surface area contributed by atoms with Gasteiger partial charge in [0.15, 0.2) is 0 Å². The van der Waals surface area contributed by atoms with Crippen molar-refractivity contribution in [2.24, 2.45) is 0 Å². The maximum atomic E-state index is 12.9. The summed E-state index contributed by atoms with van der Waals surface area (Å²) in [6.07, 6.45) is 3.41. The number of carbonyl (C=O) groups is 2. The quantitative estimate of drug-likeness (QED) is 0.191. The van der Waals surface area contributed by atoms with Crippen LogP contribution in [0.1, 0.15) is 27.9 Å². The fraction of sp³-hybridized carbons (Fsp3) is 0.290. The molecule has 0 aliphatic rings. The summed E-state index contributed by atoms with van der Waals surface area (Å²) < 4.78 is 0. The van der Waals surface area contributed by atoms with E-state index < -0.39 is 5.97 Å². The highest BCUT2D eigenvalue weighted by atomic mass is 16.4. The van der Waals surface area contributed by atoms with Crippen molar-refractivity contribution in [3.8, 4) is 0 Å². The lowest BCUT2D eigenvalue weighted by Gasteiger charge is -2.26. The monoisotopic (exact) mass is 512 g/mol. The number of carboxylic acids is 1. The van der Waals surface area contributed by atoms with Gasteiger partial charge in [0, 0.05) is 61.4 Å². The number of nitrogens with zero attached hydrogens (tertiary/aromatic N) is 1. The van der Waals surface area contributed by atoms with Crippen molar-refractivity contribution in [3.63, 3.8) is 0 Å². The van der Waals surface area contributed by atoms with Crippen LogP contribution in [0.4, 0.5) is 0 Å². The third-order valence-corrected chi connectivity index (χ3v) is 6.74. The van der Waals surface area contributed by atoms with Gasteiger partial charge >= 0.3 is 5.97 Å². The Bertz CT molecular complexity index is 1310. The van der Waals surface area contributed by atoms with Crippen molar-refractivity contribution in [3.05, 3.63) is 108 Å². The predicted octanol–water partition coefficient (Wildman–Crippen LogP) is 4.12. The van der Waals surface area contributed by atoms with Crippen molar-refractivity contribution in [2.75, 3.05) is 26.7 Å². The molecule has 0 saturated heterocycles. The maximum Gasteiger partial charge on any atom is 0.304 e. The molecule has 0 unspecified atom stereocenters. The van der Waals surface area contributed by atoms with Crippen molar-refractivity contribution < 1.29 is 14.7 Å². The highest BCUT2D eigenvalue weighted by Crippen LogP contribution is 2.19. The van der Waals surface area contributed by atoms with Crippen LogP contribution in [-0.2, 0) is 17.6 Å². The normalized spacial score (nSPS) is 12.8. The Kier molecular flexibility index (Phi) is 9.67. The topological polar surface area (TPSA) is 97.5 Å². The number of aromatic nitrogens is 1. The second-order valence-corrected chi connectivity index (χ2v) is 9.71. The van der Waals surface area contributed by atoms with Crippen LogP contribution in [0.5, 0.6) is 0 Å². The smallest absolute Gasteiger partial charge is 0.304 e. The second kappa shape index (κ2) is 13.6. The molecule has 7 heteroatoms. The van der Waals surface area contributed by atoms with Gasteiger partial charge in [0.05, 0.1) is 6.42 Å². The first-order valence-corrected chi connectivity index (χ1v) is 13.1. The summed E-state index contributed by atoms with van der Waals surface area (Å²) in [5, 5.41) is 17.6.